The third-order valence-electron chi connectivity index (χ3n) is 1.51. The van der Waals surface area contributed by atoms with Crippen molar-refractivity contribution in [3.8, 4) is 0 Å². The molecule has 0 heterocycles. The summed E-state index contributed by atoms with van der Waals surface area (Å²) in [6, 6.07) is 7.10. The van der Waals surface area contributed by atoms with Crippen molar-refractivity contribution in [3.05, 3.63) is 29.3 Å². The maximum Gasteiger partial charge on any atom is 0.325 e. The lowest BCUT2D eigenvalue weighted by Gasteiger charge is -2.03. The quantitative estimate of drug-likeness (QED) is 0.756. The van der Waals surface area contributed by atoms with Crippen molar-refractivity contribution in [2.75, 3.05) is 19.0 Å². The molecule has 0 amide bonds. The van der Waals surface area contributed by atoms with Crippen LogP contribution in [0.4, 0.5) is 5.69 Å². The second-order valence-corrected chi connectivity index (χ2v) is 2.87. The van der Waals surface area contributed by atoms with Gasteiger partial charge in [-0.2, -0.15) is 0 Å². The number of hydrogen-bond donors (Lipinski definition) is 1. The second-order valence-electron chi connectivity index (χ2n) is 2.44. The van der Waals surface area contributed by atoms with Gasteiger partial charge in [-0.3, -0.25) is 4.79 Å². The summed E-state index contributed by atoms with van der Waals surface area (Å²) in [5.74, 6) is -0.296. The lowest BCUT2D eigenvalue weighted by molar-refractivity contribution is -0.138. The van der Waals surface area contributed by atoms with Crippen molar-refractivity contribution in [2.24, 2.45) is 0 Å². The first kappa shape index (κ1) is 9.86. The summed E-state index contributed by atoms with van der Waals surface area (Å²) in [5.41, 5.74) is 0.842. The zero-order valence-electron chi connectivity index (χ0n) is 7.21. The molecule has 1 aromatic rings. The van der Waals surface area contributed by atoms with Gasteiger partial charge in [0.2, 0.25) is 0 Å². The van der Waals surface area contributed by atoms with E-state index in [1.807, 2.05) is 0 Å². The summed E-state index contributed by atoms with van der Waals surface area (Å²) < 4.78 is 4.47. The molecule has 1 N–H and O–H groups in total. The molecule has 0 fully saturated rings. The van der Waals surface area contributed by atoms with Crippen LogP contribution in [0.2, 0.25) is 5.02 Å². The fraction of sp³-hybridized carbons (Fsp3) is 0.222. The number of carbonyl (C=O) groups excluding carboxylic acids is 1. The van der Waals surface area contributed by atoms with Crippen molar-refractivity contribution in [3.63, 3.8) is 0 Å². The summed E-state index contributed by atoms with van der Waals surface area (Å²) in [7, 11) is 1.35. The van der Waals surface area contributed by atoms with Crippen LogP contribution in [-0.4, -0.2) is 19.6 Å². The van der Waals surface area contributed by atoms with E-state index in [1.165, 1.54) is 7.11 Å². The van der Waals surface area contributed by atoms with Gasteiger partial charge in [0, 0.05) is 10.7 Å². The average Bonchev–Trinajstić information content (AvgIpc) is 2.16. The van der Waals surface area contributed by atoms with E-state index in [-0.39, 0.29) is 12.5 Å². The summed E-state index contributed by atoms with van der Waals surface area (Å²) in [4.78, 5) is 10.7. The van der Waals surface area contributed by atoms with Crippen LogP contribution in [0, 0.1) is 0 Å². The topological polar surface area (TPSA) is 38.3 Å². The number of ether oxygens (including phenoxy) is 1. The predicted molar refractivity (Wildman–Crippen MR) is 52.0 cm³/mol. The monoisotopic (exact) mass is 199 g/mol. The van der Waals surface area contributed by atoms with Gasteiger partial charge in [-0.05, 0) is 24.3 Å². The molecule has 0 bridgehead atoms. The Morgan fingerprint density at radius 1 is 1.46 bits per heavy atom. The van der Waals surface area contributed by atoms with E-state index in [0.717, 1.165) is 5.69 Å². The van der Waals surface area contributed by atoms with E-state index in [9.17, 15) is 4.79 Å². The number of rotatable bonds is 3. The molecule has 1 aromatic carbocycles. The number of nitrogens with one attached hydrogen (secondary N) is 1. The Labute approximate surface area is 81.7 Å². The Bertz CT molecular complexity index is 284. The Kier molecular flexibility index (Phi) is 3.58. The summed E-state index contributed by atoms with van der Waals surface area (Å²) in [5, 5.41) is 3.56. The highest BCUT2D eigenvalue weighted by atomic mass is 35.5. The molecule has 70 valence electrons. The number of methoxy groups -OCH3 is 1. The van der Waals surface area contributed by atoms with Crippen LogP contribution in [0.25, 0.3) is 0 Å². The highest BCUT2D eigenvalue weighted by molar-refractivity contribution is 6.30. The molecule has 0 aliphatic rings. The molecular weight excluding hydrogens is 190 g/mol. The highest BCUT2D eigenvalue weighted by Crippen LogP contribution is 2.12. The van der Waals surface area contributed by atoms with E-state index in [0.29, 0.717) is 5.02 Å². The Hall–Kier alpha value is -1.22. The van der Waals surface area contributed by atoms with Gasteiger partial charge in [0.05, 0.1) is 7.11 Å². The molecule has 0 saturated carbocycles. The molecule has 0 aromatic heterocycles. The normalized spacial score (nSPS) is 9.38. The minimum atomic E-state index is -0.296. The average molecular weight is 200 g/mol. The van der Waals surface area contributed by atoms with Crippen LogP contribution in [0.15, 0.2) is 24.3 Å². The van der Waals surface area contributed by atoms with Gasteiger partial charge >= 0.3 is 5.97 Å². The molecule has 0 spiro atoms. The first-order chi connectivity index (χ1) is 6.22. The maximum atomic E-state index is 10.7. The molecule has 0 atom stereocenters. The Morgan fingerprint density at radius 3 is 2.62 bits per heavy atom. The number of halogens is 1. The number of esters is 1. The molecule has 0 radical (unpaired) electrons. The molecule has 0 saturated heterocycles. The fourth-order valence-corrected chi connectivity index (χ4v) is 0.940. The van der Waals surface area contributed by atoms with Crippen LogP contribution in [0.1, 0.15) is 0 Å². The third-order valence-corrected chi connectivity index (χ3v) is 1.76. The number of anilines is 1. The van der Waals surface area contributed by atoms with Gasteiger partial charge in [0.15, 0.2) is 0 Å². The van der Waals surface area contributed by atoms with Gasteiger partial charge in [0.1, 0.15) is 6.54 Å². The maximum absolute atomic E-state index is 10.7. The second kappa shape index (κ2) is 4.72. The molecule has 0 aliphatic carbocycles. The third kappa shape index (κ3) is 3.34. The molecule has 1 rings (SSSR count). The van der Waals surface area contributed by atoms with E-state index >= 15 is 0 Å². The van der Waals surface area contributed by atoms with Gasteiger partial charge < -0.3 is 10.1 Å². The van der Waals surface area contributed by atoms with E-state index in [2.05, 4.69) is 10.1 Å². The van der Waals surface area contributed by atoms with Gasteiger partial charge in [-0.1, -0.05) is 11.6 Å². The molecule has 0 aliphatic heterocycles. The summed E-state index contributed by atoms with van der Waals surface area (Å²) in [6.45, 7) is 0.165. The van der Waals surface area contributed by atoms with Gasteiger partial charge in [-0.25, -0.2) is 0 Å². The first-order valence-corrected chi connectivity index (χ1v) is 4.16. The number of carbonyl (C=O) groups is 1. The van der Waals surface area contributed by atoms with Crippen molar-refractivity contribution >= 4 is 23.3 Å². The van der Waals surface area contributed by atoms with Crippen LogP contribution in [0.3, 0.4) is 0 Å². The molecule has 13 heavy (non-hydrogen) atoms. The van der Waals surface area contributed by atoms with Crippen molar-refractivity contribution < 1.29 is 9.53 Å². The van der Waals surface area contributed by atoms with Crippen molar-refractivity contribution in [2.45, 2.75) is 0 Å². The van der Waals surface area contributed by atoms with E-state index in [4.69, 9.17) is 11.6 Å². The highest BCUT2D eigenvalue weighted by Gasteiger charge is 1.98. The molecule has 4 heteroatoms. The molecule has 3 nitrogen and oxygen atoms in total. The molecule has 0 unspecified atom stereocenters. The fourth-order valence-electron chi connectivity index (χ4n) is 0.814. The minimum absolute atomic E-state index is 0.165. The van der Waals surface area contributed by atoms with Gasteiger partial charge in [0.25, 0.3) is 0 Å². The molecular formula is C9H10ClNO2. The van der Waals surface area contributed by atoms with E-state index < -0.39 is 0 Å². The standard InChI is InChI=1S/C9H10ClNO2/c1-13-9(12)6-11-8-4-2-7(10)3-5-8/h2-5,11H,6H2,1H3. The zero-order chi connectivity index (χ0) is 9.68. The SMILES string of the molecule is COC(=O)CNc1ccc(Cl)cc1. The van der Waals surface area contributed by atoms with Crippen molar-refractivity contribution in [1.29, 1.82) is 0 Å². The lowest BCUT2D eigenvalue weighted by atomic mass is 10.3. The summed E-state index contributed by atoms with van der Waals surface area (Å²) in [6.07, 6.45) is 0. The summed E-state index contributed by atoms with van der Waals surface area (Å²) >= 11 is 5.68. The van der Waals surface area contributed by atoms with Crippen LogP contribution >= 0.6 is 11.6 Å². The van der Waals surface area contributed by atoms with Crippen molar-refractivity contribution in [1.82, 2.24) is 0 Å². The van der Waals surface area contributed by atoms with Crippen LogP contribution in [0.5, 0.6) is 0 Å². The van der Waals surface area contributed by atoms with E-state index in [1.54, 1.807) is 24.3 Å². The zero-order valence-corrected chi connectivity index (χ0v) is 7.97. The Morgan fingerprint density at radius 2 is 2.08 bits per heavy atom. The van der Waals surface area contributed by atoms with Crippen LogP contribution < -0.4 is 5.32 Å². The Balaban J connectivity index is 2.46. The largest absolute Gasteiger partial charge is 0.468 e. The predicted octanol–water partition coefficient (Wildman–Crippen LogP) is 1.92. The number of benzene rings is 1. The lowest BCUT2D eigenvalue weighted by Crippen LogP contribution is -2.14. The smallest absolute Gasteiger partial charge is 0.325 e. The number of hydrogen-bond acceptors (Lipinski definition) is 3. The first-order valence-electron chi connectivity index (χ1n) is 3.78. The van der Waals surface area contributed by atoms with Gasteiger partial charge in [-0.15, -0.1) is 0 Å². The van der Waals surface area contributed by atoms with Crippen LogP contribution in [-0.2, 0) is 9.53 Å². The minimum Gasteiger partial charge on any atom is -0.468 e.